The van der Waals surface area contributed by atoms with Gasteiger partial charge in [-0.25, -0.2) is 0 Å². The summed E-state index contributed by atoms with van der Waals surface area (Å²) in [4.78, 5) is 0. The van der Waals surface area contributed by atoms with Gasteiger partial charge in [-0.1, -0.05) is 49.6 Å². The van der Waals surface area contributed by atoms with Gasteiger partial charge in [0.05, 0.1) is 11.4 Å². The minimum Gasteiger partial charge on any atom is -0.314 e. The Bertz CT molecular complexity index is 559. The van der Waals surface area contributed by atoms with Crippen LogP contribution in [0.1, 0.15) is 37.8 Å². The van der Waals surface area contributed by atoms with Crippen molar-refractivity contribution in [3.63, 3.8) is 0 Å². The predicted octanol–water partition coefficient (Wildman–Crippen LogP) is 4.27. The number of rotatable bonds is 5. The van der Waals surface area contributed by atoms with Crippen molar-refractivity contribution < 1.29 is 0 Å². The lowest BCUT2D eigenvalue weighted by atomic mass is 9.89. The first kappa shape index (κ1) is 17.0. The van der Waals surface area contributed by atoms with E-state index in [1.807, 2.05) is 7.05 Å². The van der Waals surface area contributed by atoms with Crippen molar-refractivity contribution in [2.75, 3.05) is 7.05 Å². The first-order chi connectivity index (χ1) is 10.4. The second-order valence-corrected chi connectivity index (χ2v) is 6.10. The quantitative estimate of drug-likeness (QED) is 0.891. The molecule has 1 aliphatic rings. The monoisotopic (exact) mass is 319 g/mol. The third-order valence-corrected chi connectivity index (χ3v) is 4.41. The zero-order valence-electron chi connectivity index (χ0n) is 13.3. The molecule has 0 unspecified atom stereocenters. The van der Waals surface area contributed by atoms with Crippen molar-refractivity contribution in [1.29, 1.82) is 0 Å². The van der Waals surface area contributed by atoms with Crippen molar-refractivity contribution >= 4 is 12.4 Å². The van der Waals surface area contributed by atoms with Crippen LogP contribution in [0.3, 0.4) is 0 Å². The number of nitrogens with zero attached hydrogens (tertiary/aromatic N) is 2. The molecular weight excluding hydrogens is 294 g/mol. The van der Waals surface area contributed by atoms with E-state index in [0.29, 0.717) is 0 Å². The molecule has 0 amide bonds. The number of nitrogens with one attached hydrogen (secondary N) is 1. The number of halogens is 1. The first-order valence-electron chi connectivity index (χ1n) is 8.13. The zero-order valence-corrected chi connectivity index (χ0v) is 14.1. The van der Waals surface area contributed by atoms with E-state index in [0.717, 1.165) is 24.7 Å². The van der Waals surface area contributed by atoms with Crippen molar-refractivity contribution in [2.45, 2.75) is 45.2 Å². The molecule has 1 fully saturated rings. The van der Waals surface area contributed by atoms with E-state index in [1.54, 1.807) is 0 Å². The molecule has 1 aromatic heterocycles. The summed E-state index contributed by atoms with van der Waals surface area (Å²) >= 11 is 0. The molecule has 120 valence electrons. The van der Waals surface area contributed by atoms with Gasteiger partial charge in [-0.2, -0.15) is 5.10 Å². The Kier molecular flexibility index (Phi) is 6.47. The molecule has 4 heteroatoms. The van der Waals surface area contributed by atoms with Crippen LogP contribution in [0.2, 0.25) is 0 Å². The first-order valence-corrected chi connectivity index (χ1v) is 8.13. The van der Waals surface area contributed by atoms with Gasteiger partial charge >= 0.3 is 0 Å². The highest BCUT2D eigenvalue weighted by Crippen LogP contribution is 2.28. The fourth-order valence-electron chi connectivity index (χ4n) is 3.33. The van der Waals surface area contributed by atoms with E-state index in [2.05, 4.69) is 46.4 Å². The van der Waals surface area contributed by atoms with E-state index in [9.17, 15) is 0 Å². The Labute approximate surface area is 139 Å². The Balaban J connectivity index is 0.00000176. The summed E-state index contributed by atoms with van der Waals surface area (Å²) in [6, 6.07) is 12.9. The van der Waals surface area contributed by atoms with Crippen molar-refractivity contribution in [3.05, 3.63) is 42.1 Å². The molecule has 0 atom stereocenters. The molecule has 1 aliphatic carbocycles. The Morgan fingerprint density at radius 3 is 2.55 bits per heavy atom. The van der Waals surface area contributed by atoms with Gasteiger partial charge in [0.15, 0.2) is 0 Å². The smallest absolute Gasteiger partial charge is 0.0768 e. The van der Waals surface area contributed by atoms with Gasteiger partial charge < -0.3 is 5.32 Å². The third-order valence-electron chi connectivity index (χ3n) is 4.41. The number of aromatic nitrogens is 2. The van der Waals surface area contributed by atoms with Gasteiger partial charge in [-0.3, -0.25) is 4.68 Å². The topological polar surface area (TPSA) is 29.9 Å². The Morgan fingerprint density at radius 1 is 1.14 bits per heavy atom. The van der Waals surface area contributed by atoms with Gasteiger partial charge in [-0.05, 0) is 37.4 Å². The number of hydrogen-bond donors (Lipinski definition) is 1. The molecule has 3 rings (SSSR count). The van der Waals surface area contributed by atoms with Crippen LogP contribution < -0.4 is 5.32 Å². The maximum Gasteiger partial charge on any atom is 0.0768 e. The lowest BCUT2D eigenvalue weighted by Gasteiger charge is -2.22. The molecule has 1 saturated carbocycles. The highest BCUT2D eigenvalue weighted by molar-refractivity contribution is 5.85. The van der Waals surface area contributed by atoms with Crippen molar-refractivity contribution in [3.8, 4) is 11.3 Å². The summed E-state index contributed by atoms with van der Waals surface area (Å²) in [7, 11) is 1.97. The van der Waals surface area contributed by atoms with Gasteiger partial charge in [0, 0.05) is 13.1 Å². The summed E-state index contributed by atoms with van der Waals surface area (Å²) in [6.45, 7) is 1.89. The van der Waals surface area contributed by atoms with Crippen molar-refractivity contribution in [2.24, 2.45) is 5.92 Å². The standard InChI is InChI=1S/C18H25N3.ClH/c1-19-13-17-12-18(16-10-6-3-7-11-16)21(20-17)14-15-8-4-2-5-9-15;/h3,6-7,10-12,15,19H,2,4-5,8-9,13-14H2,1H3;1H. The summed E-state index contributed by atoms with van der Waals surface area (Å²) in [5.41, 5.74) is 3.65. The minimum absolute atomic E-state index is 0. The van der Waals surface area contributed by atoms with Crippen LogP contribution >= 0.6 is 12.4 Å². The summed E-state index contributed by atoms with van der Waals surface area (Å²) in [5.74, 6) is 0.795. The molecule has 1 aromatic carbocycles. The average Bonchev–Trinajstić information content (AvgIpc) is 2.92. The Hall–Kier alpha value is -1.32. The second kappa shape index (κ2) is 8.35. The Morgan fingerprint density at radius 2 is 1.86 bits per heavy atom. The van der Waals surface area contributed by atoms with E-state index in [4.69, 9.17) is 5.10 Å². The van der Waals surface area contributed by atoms with Gasteiger partial charge in [0.1, 0.15) is 0 Å². The van der Waals surface area contributed by atoms with Crippen LogP contribution in [0.5, 0.6) is 0 Å². The molecule has 0 saturated heterocycles. The maximum absolute atomic E-state index is 4.82. The lowest BCUT2D eigenvalue weighted by Crippen LogP contribution is -2.16. The molecule has 0 aliphatic heterocycles. The van der Waals surface area contributed by atoms with E-state index >= 15 is 0 Å². The molecule has 0 spiro atoms. The lowest BCUT2D eigenvalue weighted by molar-refractivity contribution is 0.309. The van der Waals surface area contributed by atoms with Crippen LogP contribution in [0.25, 0.3) is 11.3 Å². The summed E-state index contributed by atoms with van der Waals surface area (Å²) < 4.78 is 2.23. The van der Waals surface area contributed by atoms with E-state index < -0.39 is 0 Å². The van der Waals surface area contributed by atoms with Crippen LogP contribution in [0, 0.1) is 5.92 Å². The van der Waals surface area contributed by atoms with Crippen LogP contribution in [-0.2, 0) is 13.1 Å². The maximum atomic E-state index is 4.82. The molecule has 22 heavy (non-hydrogen) atoms. The van der Waals surface area contributed by atoms with Crippen LogP contribution in [-0.4, -0.2) is 16.8 Å². The zero-order chi connectivity index (χ0) is 14.5. The predicted molar refractivity (Wildman–Crippen MR) is 94.2 cm³/mol. The highest BCUT2D eigenvalue weighted by Gasteiger charge is 2.17. The normalized spacial score (nSPS) is 15.5. The van der Waals surface area contributed by atoms with E-state index in [1.165, 1.54) is 43.4 Å². The summed E-state index contributed by atoms with van der Waals surface area (Å²) in [5, 5.41) is 8.03. The molecule has 1 heterocycles. The third kappa shape index (κ3) is 4.11. The van der Waals surface area contributed by atoms with E-state index in [-0.39, 0.29) is 12.4 Å². The van der Waals surface area contributed by atoms with Gasteiger partial charge in [0.2, 0.25) is 0 Å². The molecule has 3 nitrogen and oxygen atoms in total. The van der Waals surface area contributed by atoms with Crippen LogP contribution in [0.4, 0.5) is 0 Å². The van der Waals surface area contributed by atoms with Gasteiger partial charge in [-0.15, -0.1) is 12.4 Å². The fraction of sp³-hybridized carbons (Fsp3) is 0.500. The largest absolute Gasteiger partial charge is 0.314 e. The molecule has 2 aromatic rings. The minimum atomic E-state index is 0. The summed E-state index contributed by atoms with van der Waals surface area (Å²) in [6.07, 6.45) is 6.89. The molecule has 0 bridgehead atoms. The fourth-order valence-corrected chi connectivity index (χ4v) is 3.33. The van der Waals surface area contributed by atoms with Crippen LogP contribution in [0.15, 0.2) is 36.4 Å². The number of hydrogen-bond acceptors (Lipinski definition) is 2. The highest BCUT2D eigenvalue weighted by atomic mass is 35.5. The number of benzene rings is 1. The van der Waals surface area contributed by atoms with Gasteiger partial charge in [0.25, 0.3) is 0 Å². The SMILES string of the molecule is CNCc1cc(-c2ccccc2)n(CC2CCCCC2)n1.Cl. The second-order valence-electron chi connectivity index (χ2n) is 6.10. The molecular formula is C18H26ClN3. The molecule has 1 N–H and O–H groups in total. The average molecular weight is 320 g/mol. The van der Waals surface area contributed by atoms with Crippen molar-refractivity contribution in [1.82, 2.24) is 15.1 Å². The molecule has 0 radical (unpaired) electrons.